The van der Waals surface area contributed by atoms with Crippen molar-refractivity contribution in [3.8, 4) is 5.75 Å². The number of hydrogen-bond donors (Lipinski definition) is 2. The van der Waals surface area contributed by atoms with Crippen LogP contribution in [0.2, 0.25) is 0 Å². The molecule has 1 aromatic carbocycles. The lowest BCUT2D eigenvalue weighted by Gasteiger charge is -2.29. The van der Waals surface area contributed by atoms with Crippen molar-refractivity contribution in [2.45, 2.75) is 30.2 Å². The average Bonchev–Trinajstić information content (AvgIpc) is 2.95. The maximum absolute atomic E-state index is 12.6. The van der Waals surface area contributed by atoms with E-state index in [2.05, 4.69) is 10.0 Å². The molecule has 2 N–H and O–H groups in total. The summed E-state index contributed by atoms with van der Waals surface area (Å²) in [6.07, 6.45) is 1.90. The predicted molar refractivity (Wildman–Crippen MR) is 84.8 cm³/mol. The van der Waals surface area contributed by atoms with Gasteiger partial charge < -0.3 is 14.8 Å². The second kappa shape index (κ2) is 6.95. The number of benzene rings is 1. The van der Waals surface area contributed by atoms with Gasteiger partial charge in [0.1, 0.15) is 10.6 Å². The molecular weight excluding hydrogens is 304 g/mol. The van der Waals surface area contributed by atoms with Crippen molar-refractivity contribution in [3.63, 3.8) is 0 Å². The molecule has 0 aromatic heterocycles. The Morgan fingerprint density at radius 2 is 2.14 bits per heavy atom. The summed E-state index contributed by atoms with van der Waals surface area (Å²) in [4.78, 5) is 0.167. The van der Waals surface area contributed by atoms with Crippen LogP contribution in [-0.2, 0) is 14.8 Å². The molecule has 1 fully saturated rings. The van der Waals surface area contributed by atoms with Gasteiger partial charge in [0.05, 0.1) is 19.3 Å². The van der Waals surface area contributed by atoms with Crippen LogP contribution in [0.5, 0.6) is 5.75 Å². The molecule has 1 saturated heterocycles. The molecule has 1 aliphatic rings. The fourth-order valence-corrected chi connectivity index (χ4v) is 4.15. The lowest BCUT2D eigenvalue weighted by Crippen LogP contribution is -2.52. The topological polar surface area (TPSA) is 76.7 Å². The number of aryl methyl sites for hydroxylation is 1. The van der Waals surface area contributed by atoms with Crippen molar-refractivity contribution in [2.24, 2.45) is 0 Å². The van der Waals surface area contributed by atoms with Gasteiger partial charge in [0.2, 0.25) is 10.0 Å². The van der Waals surface area contributed by atoms with Gasteiger partial charge in [-0.2, -0.15) is 0 Å². The van der Waals surface area contributed by atoms with Gasteiger partial charge in [-0.1, -0.05) is 6.07 Å². The molecule has 1 heterocycles. The highest BCUT2D eigenvalue weighted by molar-refractivity contribution is 7.89. The average molecular weight is 328 g/mol. The first-order valence-corrected chi connectivity index (χ1v) is 8.79. The molecule has 7 heteroatoms. The van der Waals surface area contributed by atoms with E-state index < -0.39 is 10.0 Å². The number of methoxy groups -OCH3 is 2. The van der Waals surface area contributed by atoms with E-state index >= 15 is 0 Å². The second-order valence-electron chi connectivity index (χ2n) is 5.72. The molecule has 1 aromatic rings. The van der Waals surface area contributed by atoms with Crippen LogP contribution in [0.1, 0.15) is 18.4 Å². The van der Waals surface area contributed by atoms with E-state index in [0.29, 0.717) is 18.9 Å². The smallest absolute Gasteiger partial charge is 0.244 e. The number of rotatable bonds is 7. The van der Waals surface area contributed by atoms with Crippen LogP contribution in [0.15, 0.2) is 23.1 Å². The number of sulfonamides is 1. The Hall–Kier alpha value is -1.15. The third-order valence-electron chi connectivity index (χ3n) is 3.96. The Morgan fingerprint density at radius 1 is 1.36 bits per heavy atom. The van der Waals surface area contributed by atoms with E-state index in [9.17, 15) is 8.42 Å². The first-order valence-electron chi connectivity index (χ1n) is 7.31. The summed E-state index contributed by atoms with van der Waals surface area (Å²) in [5.74, 6) is 0.346. The molecule has 124 valence electrons. The fraction of sp³-hybridized carbons (Fsp3) is 0.600. The van der Waals surface area contributed by atoms with Crippen molar-refractivity contribution in [1.29, 1.82) is 0 Å². The van der Waals surface area contributed by atoms with Crippen LogP contribution in [0, 0.1) is 6.92 Å². The summed E-state index contributed by atoms with van der Waals surface area (Å²) in [5, 5.41) is 3.35. The Bertz CT molecular complexity index is 610. The summed E-state index contributed by atoms with van der Waals surface area (Å²) in [6.45, 7) is 3.49. The van der Waals surface area contributed by atoms with Crippen molar-refractivity contribution in [1.82, 2.24) is 10.0 Å². The molecule has 6 nitrogen and oxygen atoms in total. The third-order valence-corrected chi connectivity index (χ3v) is 5.38. The molecule has 22 heavy (non-hydrogen) atoms. The summed E-state index contributed by atoms with van der Waals surface area (Å²) >= 11 is 0. The quantitative estimate of drug-likeness (QED) is 0.782. The highest BCUT2D eigenvalue weighted by Gasteiger charge is 2.35. The van der Waals surface area contributed by atoms with Crippen LogP contribution in [0.3, 0.4) is 0 Å². The summed E-state index contributed by atoms with van der Waals surface area (Å²) in [7, 11) is -0.548. The molecule has 2 rings (SSSR count). The fourth-order valence-electron chi connectivity index (χ4n) is 2.77. The summed E-state index contributed by atoms with van der Waals surface area (Å²) in [6, 6.07) is 5.11. The van der Waals surface area contributed by atoms with E-state index in [1.54, 1.807) is 19.2 Å². The van der Waals surface area contributed by atoms with E-state index in [4.69, 9.17) is 9.47 Å². The molecule has 0 amide bonds. The predicted octanol–water partition coefficient (Wildman–Crippen LogP) is 1.05. The number of nitrogens with one attached hydrogen (secondary N) is 2. The van der Waals surface area contributed by atoms with Gasteiger partial charge in [0.15, 0.2) is 0 Å². The van der Waals surface area contributed by atoms with Gasteiger partial charge >= 0.3 is 0 Å². The lowest BCUT2D eigenvalue weighted by molar-refractivity contribution is 0.122. The van der Waals surface area contributed by atoms with Crippen LogP contribution in [0.4, 0.5) is 0 Å². The highest BCUT2D eigenvalue weighted by Crippen LogP contribution is 2.25. The third kappa shape index (κ3) is 3.78. The molecule has 1 unspecified atom stereocenters. The Labute approximate surface area is 132 Å². The van der Waals surface area contributed by atoms with Gasteiger partial charge in [-0.15, -0.1) is 0 Å². The van der Waals surface area contributed by atoms with Crippen molar-refractivity contribution < 1.29 is 17.9 Å². The molecule has 0 saturated carbocycles. The summed E-state index contributed by atoms with van der Waals surface area (Å²) < 4.78 is 38.3. The monoisotopic (exact) mass is 328 g/mol. The van der Waals surface area contributed by atoms with Crippen molar-refractivity contribution >= 4 is 10.0 Å². The van der Waals surface area contributed by atoms with Crippen LogP contribution in [-0.4, -0.2) is 47.9 Å². The highest BCUT2D eigenvalue weighted by atomic mass is 32.2. The van der Waals surface area contributed by atoms with Gasteiger partial charge in [-0.05, 0) is 44.0 Å². The molecule has 1 atom stereocenters. The van der Waals surface area contributed by atoms with Gasteiger partial charge in [-0.3, -0.25) is 0 Å². The minimum absolute atomic E-state index is 0.167. The van der Waals surface area contributed by atoms with Crippen LogP contribution >= 0.6 is 0 Å². The van der Waals surface area contributed by atoms with E-state index in [-0.39, 0.29) is 10.4 Å². The van der Waals surface area contributed by atoms with Gasteiger partial charge in [-0.25, -0.2) is 13.1 Å². The number of ether oxygens (including phenoxy) is 2. The Balaban J connectivity index is 2.19. The minimum Gasteiger partial charge on any atom is -0.495 e. The molecule has 1 aliphatic heterocycles. The van der Waals surface area contributed by atoms with Gasteiger partial charge in [0, 0.05) is 13.7 Å². The molecule has 0 spiro atoms. The molecular formula is C15H24N2O4S. The van der Waals surface area contributed by atoms with E-state index in [1.165, 1.54) is 7.11 Å². The van der Waals surface area contributed by atoms with Crippen molar-refractivity contribution in [2.75, 3.05) is 33.9 Å². The van der Waals surface area contributed by atoms with Crippen LogP contribution < -0.4 is 14.8 Å². The zero-order chi connectivity index (χ0) is 16.2. The van der Waals surface area contributed by atoms with Crippen molar-refractivity contribution in [3.05, 3.63) is 23.8 Å². The normalized spacial score (nSPS) is 22.0. The maximum atomic E-state index is 12.6. The SMILES string of the molecule is COCC1(CNS(=O)(=O)c2cc(C)ccc2OC)CCCN1. The Kier molecular flexibility index (Phi) is 5.44. The maximum Gasteiger partial charge on any atom is 0.244 e. The van der Waals surface area contributed by atoms with E-state index in [1.807, 2.05) is 13.0 Å². The van der Waals surface area contributed by atoms with E-state index in [0.717, 1.165) is 24.9 Å². The van der Waals surface area contributed by atoms with Gasteiger partial charge in [0.25, 0.3) is 0 Å². The zero-order valence-corrected chi connectivity index (χ0v) is 14.1. The molecule has 0 radical (unpaired) electrons. The minimum atomic E-state index is -3.64. The zero-order valence-electron chi connectivity index (χ0n) is 13.3. The molecule has 0 bridgehead atoms. The standard InChI is InChI=1S/C15H24N2O4S/c1-12-5-6-13(21-3)14(9-12)22(18,19)17-10-15(11-20-2)7-4-8-16-15/h5-6,9,16-17H,4,7-8,10-11H2,1-3H3. The number of hydrogen-bond acceptors (Lipinski definition) is 5. The first-order chi connectivity index (χ1) is 10.4. The first kappa shape index (κ1) is 17.2. The second-order valence-corrected chi connectivity index (χ2v) is 7.46. The van der Waals surface area contributed by atoms with Crippen LogP contribution in [0.25, 0.3) is 0 Å². The largest absolute Gasteiger partial charge is 0.495 e. The summed E-state index contributed by atoms with van der Waals surface area (Å²) in [5.41, 5.74) is 0.533. The molecule has 0 aliphatic carbocycles. The lowest BCUT2D eigenvalue weighted by atomic mass is 9.99. The Morgan fingerprint density at radius 3 is 2.73 bits per heavy atom.